The van der Waals surface area contributed by atoms with Crippen LogP contribution in [0.15, 0.2) is 66.7 Å². The SMILES string of the molecule is COc1cc2c(cc1OCc1ccccc1)CCNC2c1ccccc1CNC(=O)O. The summed E-state index contributed by atoms with van der Waals surface area (Å²) in [5.74, 6) is 1.41. The zero-order valence-corrected chi connectivity index (χ0v) is 17.4. The molecule has 1 heterocycles. The molecule has 1 unspecified atom stereocenters. The average molecular weight is 418 g/mol. The minimum Gasteiger partial charge on any atom is -0.493 e. The van der Waals surface area contributed by atoms with Crippen molar-refractivity contribution in [2.45, 2.75) is 25.6 Å². The molecule has 1 aliphatic heterocycles. The van der Waals surface area contributed by atoms with Gasteiger partial charge in [0.15, 0.2) is 11.5 Å². The average Bonchev–Trinajstić information content (AvgIpc) is 2.81. The van der Waals surface area contributed by atoms with Crippen molar-refractivity contribution in [2.75, 3.05) is 13.7 Å². The fraction of sp³-hybridized carbons (Fsp3) is 0.240. The second kappa shape index (κ2) is 9.53. The van der Waals surface area contributed by atoms with Crippen molar-refractivity contribution >= 4 is 6.09 Å². The summed E-state index contributed by atoms with van der Waals surface area (Å²) in [6.45, 7) is 1.55. The first-order chi connectivity index (χ1) is 15.2. The van der Waals surface area contributed by atoms with Crippen LogP contribution >= 0.6 is 0 Å². The van der Waals surface area contributed by atoms with E-state index in [4.69, 9.17) is 14.6 Å². The minimum absolute atomic E-state index is 0.0485. The molecule has 3 N–H and O–H groups in total. The Morgan fingerprint density at radius 2 is 1.84 bits per heavy atom. The Morgan fingerprint density at radius 3 is 2.61 bits per heavy atom. The standard InChI is InChI=1S/C25H26N2O4/c1-30-22-14-21-18(13-23(22)31-16-17-7-3-2-4-8-17)11-12-26-24(21)20-10-6-5-9-19(20)15-27-25(28)29/h2-10,13-14,24,26-27H,11-12,15-16H2,1H3,(H,28,29). The van der Waals surface area contributed by atoms with Crippen LogP contribution in [0.5, 0.6) is 11.5 Å². The summed E-state index contributed by atoms with van der Waals surface area (Å²) in [6.07, 6.45) is -0.152. The van der Waals surface area contributed by atoms with Gasteiger partial charge in [0.25, 0.3) is 0 Å². The van der Waals surface area contributed by atoms with Gasteiger partial charge in [-0.05, 0) is 46.4 Å². The van der Waals surface area contributed by atoms with Crippen molar-refractivity contribution in [3.63, 3.8) is 0 Å². The number of amides is 1. The molecule has 0 saturated heterocycles. The maximum absolute atomic E-state index is 11.0. The first-order valence-electron chi connectivity index (χ1n) is 10.3. The highest BCUT2D eigenvalue weighted by molar-refractivity contribution is 5.64. The normalized spacial score (nSPS) is 15.1. The molecule has 3 aromatic rings. The summed E-state index contributed by atoms with van der Waals surface area (Å²) in [5.41, 5.74) is 5.42. The third-order valence-electron chi connectivity index (χ3n) is 5.51. The number of carbonyl (C=O) groups is 1. The molecule has 6 heteroatoms. The van der Waals surface area contributed by atoms with Crippen LogP contribution in [0.25, 0.3) is 0 Å². The van der Waals surface area contributed by atoms with Gasteiger partial charge in [0.1, 0.15) is 6.61 Å². The maximum Gasteiger partial charge on any atom is 0.404 e. The molecule has 3 aromatic carbocycles. The number of hydrogen-bond acceptors (Lipinski definition) is 4. The third kappa shape index (κ3) is 4.81. The number of hydrogen-bond donors (Lipinski definition) is 3. The Bertz CT molecular complexity index is 1050. The van der Waals surface area contributed by atoms with Crippen molar-refractivity contribution in [1.82, 2.24) is 10.6 Å². The molecule has 1 aliphatic rings. The van der Waals surface area contributed by atoms with E-state index in [1.54, 1.807) is 7.11 Å². The molecule has 0 fully saturated rings. The molecule has 1 amide bonds. The van der Waals surface area contributed by atoms with Crippen molar-refractivity contribution < 1.29 is 19.4 Å². The van der Waals surface area contributed by atoms with Gasteiger partial charge in [-0.2, -0.15) is 0 Å². The fourth-order valence-corrected chi connectivity index (χ4v) is 4.00. The molecular weight excluding hydrogens is 392 g/mol. The lowest BCUT2D eigenvalue weighted by Crippen LogP contribution is -2.32. The zero-order chi connectivity index (χ0) is 21.6. The predicted molar refractivity (Wildman–Crippen MR) is 119 cm³/mol. The number of fused-ring (bicyclic) bond motifs is 1. The van der Waals surface area contributed by atoms with Crippen LogP contribution in [0.3, 0.4) is 0 Å². The second-order valence-corrected chi connectivity index (χ2v) is 7.47. The van der Waals surface area contributed by atoms with Gasteiger partial charge < -0.3 is 25.2 Å². The van der Waals surface area contributed by atoms with Gasteiger partial charge in [0, 0.05) is 13.1 Å². The maximum atomic E-state index is 11.0. The molecule has 6 nitrogen and oxygen atoms in total. The van der Waals surface area contributed by atoms with Crippen LogP contribution in [0.4, 0.5) is 4.79 Å². The summed E-state index contributed by atoms with van der Waals surface area (Å²) in [6, 6.07) is 22.0. The quantitative estimate of drug-likeness (QED) is 0.534. The van der Waals surface area contributed by atoms with E-state index in [2.05, 4.69) is 16.7 Å². The summed E-state index contributed by atoms with van der Waals surface area (Å²) in [4.78, 5) is 11.0. The molecule has 0 bridgehead atoms. The van der Waals surface area contributed by atoms with Crippen LogP contribution < -0.4 is 20.1 Å². The van der Waals surface area contributed by atoms with Gasteiger partial charge in [-0.3, -0.25) is 0 Å². The Kier molecular flexibility index (Phi) is 6.38. The number of rotatable bonds is 7. The Hall–Kier alpha value is -3.51. The smallest absolute Gasteiger partial charge is 0.404 e. The van der Waals surface area contributed by atoms with E-state index in [0.29, 0.717) is 12.4 Å². The van der Waals surface area contributed by atoms with Crippen LogP contribution in [-0.2, 0) is 19.6 Å². The van der Waals surface area contributed by atoms with Crippen molar-refractivity contribution in [2.24, 2.45) is 0 Å². The van der Waals surface area contributed by atoms with Gasteiger partial charge in [0.05, 0.1) is 13.2 Å². The molecule has 0 aromatic heterocycles. The fourth-order valence-electron chi connectivity index (χ4n) is 4.00. The summed E-state index contributed by atoms with van der Waals surface area (Å²) in [7, 11) is 1.65. The molecule has 31 heavy (non-hydrogen) atoms. The monoisotopic (exact) mass is 418 g/mol. The van der Waals surface area contributed by atoms with Crippen LogP contribution in [-0.4, -0.2) is 24.9 Å². The van der Waals surface area contributed by atoms with E-state index >= 15 is 0 Å². The molecule has 0 radical (unpaired) electrons. The van der Waals surface area contributed by atoms with E-state index in [1.165, 1.54) is 5.56 Å². The first-order valence-corrected chi connectivity index (χ1v) is 10.3. The highest BCUT2D eigenvalue weighted by atomic mass is 16.5. The van der Waals surface area contributed by atoms with E-state index in [1.807, 2.05) is 60.7 Å². The van der Waals surface area contributed by atoms with Gasteiger partial charge in [-0.1, -0.05) is 54.6 Å². The lowest BCUT2D eigenvalue weighted by Gasteiger charge is -2.30. The topological polar surface area (TPSA) is 79.8 Å². The number of benzene rings is 3. The van der Waals surface area contributed by atoms with Crippen LogP contribution in [0, 0.1) is 0 Å². The number of nitrogens with one attached hydrogen (secondary N) is 2. The van der Waals surface area contributed by atoms with Gasteiger partial charge in [-0.15, -0.1) is 0 Å². The Labute approximate surface area is 181 Å². The highest BCUT2D eigenvalue weighted by Gasteiger charge is 2.25. The summed E-state index contributed by atoms with van der Waals surface area (Å²) in [5, 5.41) is 15.1. The number of methoxy groups -OCH3 is 1. The van der Waals surface area contributed by atoms with E-state index < -0.39 is 6.09 Å². The van der Waals surface area contributed by atoms with Gasteiger partial charge in [-0.25, -0.2) is 4.79 Å². The lowest BCUT2D eigenvalue weighted by molar-refractivity contribution is 0.194. The molecule has 1 atom stereocenters. The molecule has 0 saturated carbocycles. The molecule has 4 rings (SSSR count). The minimum atomic E-state index is -1.03. The summed E-state index contributed by atoms with van der Waals surface area (Å²) < 4.78 is 11.7. The predicted octanol–water partition coefficient (Wildman–Crippen LogP) is 4.28. The lowest BCUT2D eigenvalue weighted by atomic mass is 9.87. The number of ether oxygens (including phenoxy) is 2. The van der Waals surface area contributed by atoms with E-state index in [9.17, 15) is 4.79 Å². The van der Waals surface area contributed by atoms with Crippen molar-refractivity contribution in [3.05, 3.63) is 94.5 Å². The van der Waals surface area contributed by atoms with Crippen LogP contribution in [0.2, 0.25) is 0 Å². The highest BCUT2D eigenvalue weighted by Crippen LogP contribution is 2.38. The van der Waals surface area contributed by atoms with Crippen molar-refractivity contribution in [1.29, 1.82) is 0 Å². The van der Waals surface area contributed by atoms with Gasteiger partial charge >= 0.3 is 6.09 Å². The third-order valence-corrected chi connectivity index (χ3v) is 5.51. The largest absolute Gasteiger partial charge is 0.493 e. The molecule has 0 spiro atoms. The zero-order valence-electron chi connectivity index (χ0n) is 17.4. The first kappa shape index (κ1) is 20.8. The molecular formula is C25H26N2O4. The Balaban J connectivity index is 1.64. The molecule has 160 valence electrons. The van der Waals surface area contributed by atoms with Crippen LogP contribution in [0.1, 0.15) is 33.9 Å². The Morgan fingerprint density at radius 1 is 1.06 bits per heavy atom. The second-order valence-electron chi connectivity index (χ2n) is 7.47. The number of carboxylic acid groups (broad SMARTS) is 1. The van der Waals surface area contributed by atoms with Gasteiger partial charge in [0.2, 0.25) is 0 Å². The molecule has 0 aliphatic carbocycles. The van der Waals surface area contributed by atoms with Crippen molar-refractivity contribution in [3.8, 4) is 11.5 Å². The summed E-state index contributed by atoms with van der Waals surface area (Å²) >= 11 is 0. The van der Waals surface area contributed by atoms with E-state index in [-0.39, 0.29) is 12.6 Å². The van der Waals surface area contributed by atoms with E-state index in [0.717, 1.165) is 41.0 Å².